The molecule has 1 heterocycles. The minimum absolute atomic E-state index is 0.242. The molecule has 7 heteroatoms. The van der Waals surface area contributed by atoms with Crippen LogP contribution in [0.5, 0.6) is 0 Å². The molecule has 140 valence electrons. The second-order valence-corrected chi connectivity index (χ2v) is 6.81. The quantitative estimate of drug-likeness (QED) is 0.637. The first-order valence-corrected chi connectivity index (χ1v) is 9.11. The highest BCUT2D eigenvalue weighted by atomic mass is 35.5. The number of likely N-dealkylation sites (N-methyl/N-ethyl adjacent to an activating group) is 1. The van der Waals surface area contributed by atoms with Gasteiger partial charge in [0.2, 0.25) is 0 Å². The van der Waals surface area contributed by atoms with Gasteiger partial charge in [0.1, 0.15) is 0 Å². The number of pyridine rings is 1. The van der Waals surface area contributed by atoms with E-state index in [0.717, 1.165) is 17.6 Å². The number of amides is 1. The maximum Gasteiger partial charge on any atom is 0.258 e. The second kappa shape index (κ2) is 8.57. The van der Waals surface area contributed by atoms with Gasteiger partial charge in [-0.3, -0.25) is 9.78 Å². The number of methoxy groups -OCH3 is 1. The Hall–Kier alpha value is -2.34. The van der Waals surface area contributed by atoms with Crippen LogP contribution in [0.3, 0.4) is 0 Å². The van der Waals surface area contributed by atoms with Crippen molar-refractivity contribution in [3.63, 3.8) is 0 Å². The van der Waals surface area contributed by atoms with E-state index in [2.05, 4.69) is 15.2 Å². The van der Waals surface area contributed by atoms with E-state index < -0.39 is 0 Å². The van der Waals surface area contributed by atoms with E-state index in [-0.39, 0.29) is 11.5 Å². The number of hydrogen-bond donors (Lipinski definition) is 1. The van der Waals surface area contributed by atoms with Crippen molar-refractivity contribution in [3.8, 4) is 0 Å². The van der Waals surface area contributed by atoms with Crippen LogP contribution in [0.4, 0.5) is 11.4 Å². The molecule has 1 N–H and O–H groups in total. The number of rotatable bonds is 6. The highest BCUT2D eigenvalue weighted by Crippen LogP contribution is 2.31. The van der Waals surface area contributed by atoms with Crippen LogP contribution in [0.25, 0.3) is 10.9 Å². The third-order valence-corrected chi connectivity index (χ3v) is 4.86. The predicted octanol–water partition coefficient (Wildman–Crippen LogP) is 4.88. The molecule has 0 radical (unpaired) electrons. The number of para-hydroxylation sites is 1. The number of aromatic nitrogens is 1. The molecule has 5 nitrogen and oxygen atoms in total. The number of nitrogens with zero attached hydrogens (tertiary/aromatic N) is 2. The molecule has 0 aliphatic rings. The van der Waals surface area contributed by atoms with Gasteiger partial charge in [0.15, 0.2) is 0 Å². The molecule has 0 aliphatic heterocycles. The van der Waals surface area contributed by atoms with E-state index in [9.17, 15) is 4.79 Å². The zero-order chi connectivity index (χ0) is 19.4. The van der Waals surface area contributed by atoms with Gasteiger partial charge in [-0.2, -0.15) is 0 Å². The first-order valence-electron chi connectivity index (χ1n) is 8.36. The number of benzene rings is 2. The number of fused-ring (bicyclic) bond motifs is 1. The number of anilines is 2. The standard InChI is InChI=1S/C20H19Cl2N3O2/c1-25(11-12-27-2)17-9-10-23-19-13(17)5-3-8-16(19)24-20(26)18-14(21)6-4-7-15(18)22/h3-10H,11-12H2,1-2H3,(H,24,26). The Kier molecular flexibility index (Phi) is 6.16. The Bertz CT molecular complexity index is 958. The highest BCUT2D eigenvalue weighted by molar-refractivity contribution is 6.40. The average Bonchev–Trinajstić information content (AvgIpc) is 2.65. The molecule has 0 atom stereocenters. The summed E-state index contributed by atoms with van der Waals surface area (Å²) < 4.78 is 5.15. The molecule has 0 fully saturated rings. The Morgan fingerprint density at radius 2 is 1.85 bits per heavy atom. The Morgan fingerprint density at radius 1 is 1.15 bits per heavy atom. The molecule has 0 saturated heterocycles. The number of ether oxygens (including phenoxy) is 1. The molecule has 27 heavy (non-hydrogen) atoms. The van der Waals surface area contributed by atoms with E-state index in [0.29, 0.717) is 27.9 Å². The molecule has 0 unspecified atom stereocenters. The topological polar surface area (TPSA) is 54.5 Å². The van der Waals surface area contributed by atoms with Crippen LogP contribution in [-0.4, -0.2) is 38.2 Å². The number of halogens is 2. The Balaban J connectivity index is 1.97. The van der Waals surface area contributed by atoms with Crippen molar-refractivity contribution < 1.29 is 9.53 Å². The van der Waals surface area contributed by atoms with Crippen LogP contribution in [0.2, 0.25) is 10.0 Å². The summed E-state index contributed by atoms with van der Waals surface area (Å²) in [5.74, 6) is -0.377. The summed E-state index contributed by atoms with van der Waals surface area (Å²) in [5, 5.41) is 4.41. The number of carbonyl (C=O) groups excluding carboxylic acids is 1. The van der Waals surface area contributed by atoms with Crippen molar-refractivity contribution in [2.45, 2.75) is 0 Å². The number of hydrogen-bond acceptors (Lipinski definition) is 4. The molecule has 3 rings (SSSR count). The lowest BCUT2D eigenvalue weighted by Crippen LogP contribution is -2.22. The van der Waals surface area contributed by atoms with Crippen LogP contribution in [0, 0.1) is 0 Å². The number of nitrogens with one attached hydrogen (secondary N) is 1. The first-order chi connectivity index (χ1) is 13.0. The van der Waals surface area contributed by atoms with Crippen LogP contribution in [-0.2, 0) is 4.74 Å². The molecule has 1 amide bonds. The van der Waals surface area contributed by atoms with Crippen LogP contribution < -0.4 is 10.2 Å². The normalized spacial score (nSPS) is 10.8. The summed E-state index contributed by atoms with van der Waals surface area (Å²) in [6, 6.07) is 12.5. The second-order valence-electron chi connectivity index (χ2n) is 6.00. The summed E-state index contributed by atoms with van der Waals surface area (Å²) in [5.41, 5.74) is 2.53. The minimum atomic E-state index is -0.377. The summed E-state index contributed by atoms with van der Waals surface area (Å²) in [7, 11) is 3.66. The van der Waals surface area contributed by atoms with Crippen molar-refractivity contribution in [1.82, 2.24) is 4.98 Å². The molecular weight excluding hydrogens is 385 g/mol. The van der Waals surface area contributed by atoms with Gasteiger partial charge in [-0.05, 0) is 24.3 Å². The highest BCUT2D eigenvalue weighted by Gasteiger charge is 2.17. The van der Waals surface area contributed by atoms with Gasteiger partial charge in [0.25, 0.3) is 5.91 Å². The lowest BCUT2D eigenvalue weighted by molar-refractivity contribution is 0.102. The lowest BCUT2D eigenvalue weighted by atomic mass is 10.1. The van der Waals surface area contributed by atoms with E-state index in [1.54, 1.807) is 37.6 Å². The molecule has 0 bridgehead atoms. The fraction of sp³-hybridized carbons (Fsp3) is 0.200. The smallest absolute Gasteiger partial charge is 0.258 e. The van der Waals surface area contributed by atoms with Crippen LogP contribution in [0.15, 0.2) is 48.7 Å². The lowest BCUT2D eigenvalue weighted by Gasteiger charge is -2.21. The summed E-state index contributed by atoms with van der Waals surface area (Å²) in [4.78, 5) is 19.3. The molecule has 3 aromatic rings. The van der Waals surface area contributed by atoms with Gasteiger partial charge in [-0.1, -0.05) is 41.4 Å². The van der Waals surface area contributed by atoms with Crippen LogP contribution >= 0.6 is 23.2 Å². The third kappa shape index (κ3) is 4.16. The van der Waals surface area contributed by atoms with Gasteiger partial charge < -0.3 is 15.0 Å². The van der Waals surface area contributed by atoms with Gasteiger partial charge in [-0.15, -0.1) is 0 Å². The predicted molar refractivity (Wildman–Crippen MR) is 111 cm³/mol. The molecule has 0 aliphatic carbocycles. The van der Waals surface area contributed by atoms with Crippen molar-refractivity contribution in [3.05, 3.63) is 64.3 Å². The fourth-order valence-electron chi connectivity index (χ4n) is 2.84. The molecule has 0 saturated carbocycles. The van der Waals surface area contributed by atoms with E-state index >= 15 is 0 Å². The molecular formula is C20H19Cl2N3O2. The summed E-state index contributed by atoms with van der Waals surface area (Å²) in [6.07, 6.45) is 1.72. The van der Waals surface area contributed by atoms with E-state index in [1.807, 2.05) is 25.2 Å². The first kappa shape index (κ1) is 19.4. The van der Waals surface area contributed by atoms with Gasteiger partial charge >= 0.3 is 0 Å². The SMILES string of the molecule is COCCN(C)c1ccnc2c(NC(=O)c3c(Cl)cccc3Cl)cccc12. The van der Waals surface area contributed by atoms with Crippen LogP contribution in [0.1, 0.15) is 10.4 Å². The van der Waals surface area contributed by atoms with Crippen molar-refractivity contribution >= 4 is 51.4 Å². The Labute approximate surface area is 167 Å². The maximum absolute atomic E-state index is 12.7. The summed E-state index contributed by atoms with van der Waals surface area (Å²) in [6.45, 7) is 1.35. The third-order valence-electron chi connectivity index (χ3n) is 4.23. The maximum atomic E-state index is 12.7. The number of carbonyl (C=O) groups is 1. The molecule has 0 spiro atoms. The van der Waals surface area contributed by atoms with E-state index in [1.165, 1.54) is 0 Å². The zero-order valence-electron chi connectivity index (χ0n) is 15.0. The average molecular weight is 404 g/mol. The van der Waals surface area contributed by atoms with Crippen molar-refractivity contribution in [2.24, 2.45) is 0 Å². The van der Waals surface area contributed by atoms with Gasteiger partial charge in [0, 0.05) is 38.0 Å². The minimum Gasteiger partial charge on any atom is -0.383 e. The van der Waals surface area contributed by atoms with E-state index in [4.69, 9.17) is 27.9 Å². The Morgan fingerprint density at radius 3 is 2.56 bits per heavy atom. The van der Waals surface area contributed by atoms with Crippen molar-refractivity contribution in [2.75, 3.05) is 37.5 Å². The molecule has 1 aromatic heterocycles. The van der Waals surface area contributed by atoms with Gasteiger partial charge in [-0.25, -0.2) is 0 Å². The fourth-order valence-corrected chi connectivity index (χ4v) is 3.41. The molecule has 2 aromatic carbocycles. The van der Waals surface area contributed by atoms with Gasteiger partial charge in [0.05, 0.1) is 33.4 Å². The summed E-state index contributed by atoms with van der Waals surface area (Å²) >= 11 is 12.3. The zero-order valence-corrected chi connectivity index (χ0v) is 16.5. The largest absolute Gasteiger partial charge is 0.383 e. The van der Waals surface area contributed by atoms with Crippen molar-refractivity contribution in [1.29, 1.82) is 0 Å². The monoisotopic (exact) mass is 403 g/mol.